The van der Waals surface area contributed by atoms with Crippen molar-refractivity contribution < 1.29 is 5.11 Å². The molecule has 0 aromatic heterocycles. The molecule has 1 aromatic carbocycles. The number of nitrogens with two attached hydrogens (primary N) is 1. The maximum atomic E-state index is 9.78. The van der Waals surface area contributed by atoms with Crippen molar-refractivity contribution in [3.63, 3.8) is 0 Å². The Morgan fingerprint density at radius 1 is 1.50 bits per heavy atom. The Morgan fingerprint density at radius 2 is 2.21 bits per heavy atom. The van der Waals surface area contributed by atoms with Gasteiger partial charge in [0.05, 0.1) is 12.1 Å². The molecular weight excluding hydrogens is 196 g/mol. The summed E-state index contributed by atoms with van der Waals surface area (Å²) in [6.45, 7) is 0. The predicted molar refractivity (Wildman–Crippen MR) is 58.8 cm³/mol. The maximum Gasteiger partial charge on any atom is 0.164 e. The van der Waals surface area contributed by atoms with Gasteiger partial charge in [0.25, 0.3) is 0 Å². The Labute approximate surface area is 87.9 Å². The third-order valence-corrected chi connectivity index (χ3v) is 2.62. The van der Waals surface area contributed by atoms with Gasteiger partial charge < -0.3 is 16.2 Å². The molecule has 2 rings (SSSR count). The first-order valence-electron chi connectivity index (χ1n) is 4.50. The van der Waals surface area contributed by atoms with E-state index in [0.29, 0.717) is 6.42 Å². The van der Waals surface area contributed by atoms with E-state index in [2.05, 4.69) is 5.32 Å². The van der Waals surface area contributed by atoms with Gasteiger partial charge in [0.15, 0.2) is 5.11 Å². The molecule has 0 heterocycles. The Kier molecular flexibility index (Phi) is 2.39. The van der Waals surface area contributed by atoms with Gasteiger partial charge in [-0.3, -0.25) is 0 Å². The number of fused-ring (bicyclic) bond motifs is 1. The van der Waals surface area contributed by atoms with E-state index < -0.39 is 6.10 Å². The average Bonchev–Trinajstić information content (AvgIpc) is 2.43. The van der Waals surface area contributed by atoms with E-state index in [9.17, 15) is 5.11 Å². The summed E-state index contributed by atoms with van der Waals surface area (Å²) in [5.41, 5.74) is 7.65. The highest BCUT2D eigenvalue weighted by Gasteiger charge is 2.30. The van der Waals surface area contributed by atoms with Crippen LogP contribution in [0.25, 0.3) is 0 Å². The first-order valence-corrected chi connectivity index (χ1v) is 4.91. The minimum atomic E-state index is -0.436. The van der Waals surface area contributed by atoms with Crippen LogP contribution < -0.4 is 11.1 Å². The molecule has 0 unspecified atom stereocenters. The van der Waals surface area contributed by atoms with Crippen LogP contribution in [0, 0.1) is 0 Å². The SMILES string of the molecule is NC(=S)N[C@@H]1c2ccccc2C[C@H]1O. The summed E-state index contributed by atoms with van der Waals surface area (Å²) in [6.07, 6.45) is 0.227. The second-order valence-corrected chi connectivity index (χ2v) is 3.90. The van der Waals surface area contributed by atoms with Crippen molar-refractivity contribution in [1.29, 1.82) is 0 Å². The van der Waals surface area contributed by atoms with Crippen molar-refractivity contribution in [3.8, 4) is 0 Å². The monoisotopic (exact) mass is 208 g/mol. The van der Waals surface area contributed by atoms with Crippen molar-refractivity contribution in [2.45, 2.75) is 18.6 Å². The van der Waals surface area contributed by atoms with Gasteiger partial charge >= 0.3 is 0 Å². The van der Waals surface area contributed by atoms with Crippen LogP contribution >= 0.6 is 12.2 Å². The number of hydrogen-bond donors (Lipinski definition) is 3. The van der Waals surface area contributed by atoms with Gasteiger partial charge in [-0.15, -0.1) is 0 Å². The van der Waals surface area contributed by atoms with E-state index in [0.717, 1.165) is 11.1 Å². The second-order valence-electron chi connectivity index (χ2n) is 3.46. The van der Waals surface area contributed by atoms with E-state index >= 15 is 0 Å². The molecule has 1 aliphatic carbocycles. The van der Waals surface area contributed by atoms with Gasteiger partial charge in [-0.1, -0.05) is 24.3 Å². The zero-order valence-electron chi connectivity index (χ0n) is 7.60. The van der Waals surface area contributed by atoms with Crippen LogP contribution in [-0.2, 0) is 6.42 Å². The molecule has 1 aromatic rings. The lowest BCUT2D eigenvalue weighted by Gasteiger charge is -2.17. The minimum absolute atomic E-state index is 0.149. The quantitative estimate of drug-likeness (QED) is 0.587. The molecule has 4 heteroatoms. The Morgan fingerprint density at radius 3 is 2.93 bits per heavy atom. The summed E-state index contributed by atoms with van der Waals surface area (Å²) in [5.74, 6) is 0. The summed E-state index contributed by atoms with van der Waals surface area (Å²) in [6, 6.07) is 7.77. The lowest BCUT2D eigenvalue weighted by molar-refractivity contribution is 0.150. The highest BCUT2D eigenvalue weighted by molar-refractivity contribution is 7.80. The summed E-state index contributed by atoms with van der Waals surface area (Å²) in [5, 5.41) is 12.9. The third kappa shape index (κ3) is 1.58. The summed E-state index contributed by atoms with van der Waals surface area (Å²) >= 11 is 4.77. The zero-order valence-corrected chi connectivity index (χ0v) is 8.42. The molecule has 0 amide bonds. The van der Waals surface area contributed by atoms with Crippen molar-refractivity contribution in [2.75, 3.05) is 0 Å². The van der Waals surface area contributed by atoms with Crippen LogP contribution in [0.15, 0.2) is 24.3 Å². The maximum absolute atomic E-state index is 9.78. The van der Waals surface area contributed by atoms with Crippen LogP contribution in [0.2, 0.25) is 0 Å². The van der Waals surface area contributed by atoms with E-state index in [1.54, 1.807) is 0 Å². The third-order valence-electron chi connectivity index (χ3n) is 2.50. The fourth-order valence-corrected chi connectivity index (χ4v) is 2.03. The molecule has 0 radical (unpaired) electrons. The molecule has 0 bridgehead atoms. The summed E-state index contributed by atoms with van der Waals surface area (Å²) < 4.78 is 0. The zero-order chi connectivity index (χ0) is 10.1. The standard InChI is InChI=1S/C10H12N2OS/c11-10(14)12-9-7-4-2-1-3-6(7)5-8(9)13/h1-4,8-9,13H,5H2,(H3,11,12,14)/t8-,9-/m1/s1. The van der Waals surface area contributed by atoms with Crippen LogP contribution in [0.4, 0.5) is 0 Å². The summed E-state index contributed by atoms with van der Waals surface area (Å²) in [7, 11) is 0. The van der Waals surface area contributed by atoms with Gasteiger partial charge in [-0.05, 0) is 23.3 Å². The van der Waals surface area contributed by atoms with Gasteiger partial charge in [0, 0.05) is 6.42 Å². The number of nitrogens with one attached hydrogen (secondary N) is 1. The van der Waals surface area contributed by atoms with Crippen molar-refractivity contribution in [3.05, 3.63) is 35.4 Å². The number of benzene rings is 1. The number of thiocarbonyl (C=S) groups is 1. The largest absolute Gasteiger partial charge is 0.390 e. The highest BCUT2D eigenvalue weighted by atomic mass is 32.1. The fourth-order valence-electron chi connectivity index (χ4n) is 1.90. The molecule has 1 aliphatic rings. The van der Waals surface area contributed by atoms with Gasteiger partial charge in [-0.2, -0.15) is 0 Å². The minimum Gasteiger partial charge on any atom is -0.390 e. The van der Waals surface area contributed by atoms with E-state index in [-0.39, 0.29) is 11.2 Å². The Balaban J connectivity index is 2.30. The lowest BCUT2D eigenvalue weighted by atomic mass is 10.1. The topological polar surface area (TPSA) is 58.3 Å². The van der Waals surface area contributed by atoms with Crippen LogP contribution in [0.3, 0.4) is 0 Å². The molecule has 14 heavy (non-hydrogen) atoms. The van der Waals surface area contributed by atoms with Crippen LogP contribution in [0.1, 0.15) is 17.2 Å². The normalized spacial score (nSPS) is 24.4. The Bertz CT molecular complexity index is 367. The average molecular weight is 208 g/mol. The highest BCUT2D eigenvalue weighted by Crippen LogP contribution is 2.30. The van der Waals surface area contributed by atoms with Crippen molar-refractivity contribution in [1.82, 2.24) is 5.32 Å². The van der Waals surface area contributed by atoms with Crippen molar-refractivity contribution >= 4 is 17.3 Å². The number of rotatable bonds is 1. The predicted octanol–water partition coefficient (Wildman–Crippen LogP) is 0.478. The molecule has 0 saturated heterocycles. The lowest BCUT2D eigenvalue weighted by Crippen LogP contribution is -2.37. The number of aliphatic hydroxyl groups excluding tert-OH is 1. The first-order chi connectivity index (χ1) is 6.68. The molecule has 0 aliphatic heterocycles. The second kappa shape index (κ2) is 3.55. The molecule has 3 nitrogen and oxygen atoms in total. The van der Waals surface area contributed by atoms with Gasteiger partial charge in [-0.25, -0.2) is 0 Å². The molecule has 74 valence electrons. The molecule has 0 spiro atoms. The van der Waals surface area contributed by atoms with Crippen LogP contribution in [0.5, 0.6) is 0 Å². The number of hydrogen-bond acceptors (Lipinski definition) is 2. The van der Waals surface area contributed by atoms with E-state index in [1.807, 2.05) is 24.3 Å². The van der Waals surface area contributed by atoms with E-state index in [1.165, 1.54) is 0 Å². The van der Waals surface area contributed by atoms with Crippen molar-refractivity contribution in [2.24, 2.45) is 5.73 Å². The first kappa shape index (κ1) is 9.43. The van der Waals surface area contributed by atoms with Gasteiger partial charge in [0.2, 0.25) is 0 Å². The molecule has 2 atom stereocenters. The fraction of sp³-hybridized carbons (Fsp3) is 0.300. The smallest absolute Gasteiger partial charge is 0.164 e. The number of aliphatic hydroxyl groups is 1. The molecule has 0 fully saturated rings. The summed E-state index contributed by atoms with van der Waals surface area (Å²) in [4.78, 5) is 0. The van der Waals surface area contributed by atoms with Crippen LogP contribution in [-0.4, -0.2) is 16.3 Å². The molecular formula is C10H12N2OS. The van der Waals surface area contributed by atoms with E-state index in [4.69, 9.17) is 18.0 Å². The molecule has 0 saturated carbocycles. The van der Waals surface area contributed by atoms with Gasteiger partial charge in [0.1, 0.15) is 0 Å². The Hall–Kier alpha value is -1.13. The molecule has 4 N–H and O–H groups in total.